The van der Waals surface area contributed by atoms with E-state index in [0.29, 0.717) is 5.69 Å². The van der Waals surface area contributed by atoms with Gasteiger partial charge in [-0.05, 0) is 50.8 Å². The lowest BCUT2D eigenvalue weighted by Crippen LogP contribution is -2.40. The quantitative estimate of drug-likeness (QED) is 0.642. The maximum absolute atomic E-state index is 12.5. The van der Waals surface area contributed by atoms with Gasteiger partial charge in [-0.3, -0.25) is 9.78 Å². The van der Waals surface area contributed by atoms with Crippen LogP contribution < -0.4 is 15.0 Å². The van der Waals surface area contributed by atoms with Crippen LogP contribution in [0.15, 0.2) is 42.7 Å². The monoisotopic (exact) mass is 447 g/mol. The van der Waals surface area contributed by atoms with Crippen LogP contribution >= 0.6 is 0 Å². The number of anilines is 1. The van der Waals surface area contributed by atoms with Crippen molar-refractivity contribution in [3.63, 3.8) is 0 Å². The highest BCUT2D eigenvalue weighted by atomic mass is 16.5. The second-order valence-electron chi connectivity index (χ2n) is 8.70. The summed E-state index contributed by atoms with van der Waals surface area (Å²) >= 11 is 0. The van der Waals surface area contributed by atoms with Gasteiger partial charge in [-0.1, -0.05) is 6.07 Å². The van der Waals surface area contributed by atoms with Gasteiger partial charge in [0, 0.05) is 49.0 Å². The van der Waals surface area contributed by atoms with E-state index in [2.05, 4.69) is 37.3 Å². The minimum atomic E-state index is -0.109. The molecular formula is C25H29N5O3. The number of ether oxygens (including phenoxy) is 2. The van der Waals surface area contributed by atoms with Gasteiger partial charge in [-0.25, -0.2) is 9.97 Å². The molecule has 1 N–H and O–H groups in total. The summed E-state index contributed by atoms with van der Waals surface area (Å²) in [6.45, 7) is 5.05. The summed E-state index contributed by atoms with van der Waals surface area (Å²) in [5.74, 6) is 0.668. The Morgan fingerprint density at radius 3 is 2.67 bits per heavy atom. The SMILES string of the molecule is Cc1cccc(C(=O)NC2CCC(Oc3cc(N4CCOCC4)cc4nccnc34)CC2)n1. The van der Waals surface area contributed by atoms with Crippen molar-refractivity contribution in [1.82, 2.24) is 20.3 Å². The average molecular weight is 448 g/mol. The second-order valence-corrected chi connectivity index (χ2v) is 8.70. The molecule has 1 aromatic carbocycles. The van der Waals surface area contributed by atoms with Crippen molar-refractivity contribution in [2.24, 2.45) is 0 Å². The van der Waals surface area contributed by atoms with Crippen molar-refractivity contribution in [3.8, 4) is 5.75 Å². The number of carbonyl (C=O) groups excluding carboxylic acids is 1. The number of pyridine rings is 1. The highest BCUT2D eigenvalue weighted by molar-refractivity contribution is 5.92. The molecule has 33 heavy (non-hydrogen) atoms. The van der Waals surface area contributed by atoms with Gasteiger partial charge in [0.15, 0.2) is 0 Å². The molecule has 1 aliphatic heterocycles. The summed E-state index contributed by atoms with van der Waals surface area (Å²) in [5, 5.41) is 3.13. The predicted octanol–water partition coefficient (Wildman–Crippen LogP) is 3.29. The normalized spacial score (nSPS) is 21.1. The molecular weight excluding hydrogens is 418 g/mol. The van der Waals surface area contributed by atoms with Crippen molar-refractivity contribution in [3.05, 3.63) is 54.1 Å². The average Bonchev–Trinajstić information content (AvgIpc) is 2.85. The molecule has 0 atom stereocenters. The molecule has 1 amide bonds. The first-order chi connectivity index (χ1) is 16.2. The van der Waals surface area contributed by atoms with Crippen LogP contribution in [-0.2, 0) is 4.74 Å². The predicted molar refractivity (Wildman–Crippen MR) is 126 cm³/mol. The lowest BCUT2D eigenvalue weighted by molar-refractivity contribution is 0.0890. The molecule has 172 valence electrons. The van der Waals surface area contributed by atoms with E-state index in [1.54, 1.807) is 18.5 Å². The van der Waals surface area contributed by atoms with Crippen molar-refractivity contribution in [2.45, 2.75) is 44.8 Å². The van der Waals surface area contributed by atoms with Gasteiger partial charge in [0.25, 0.3) is 5.91 Å². The zero-order valence-corrected chi connectivity index (χ0v) is 18.9. The number of morpholine rings is 1. The number of hydrogen-bond acceptors (Lipinski definition) is 7. The first kappa shape index (κ1) is 21.6. The number of fused-ring (bicyclic) bond motifs is 1. The third-order valence-corrected chi connectivity index (χ3v) is 6.32. The van der Waals surface area contributed by atoms with Crippen LogP contribution in [0.2, 0.25) is 0 Å². The Hall–Kier alpha value is -3.26. The minimum absolute atomic E-state index is 0.0837. The van der Waals surface area contributed by atoms with E-state index in [1.165, 1.54) is 0 Å². The van der Waals surface area contributed by atoms with Crippen molar-refractivity contribution in [2.75, 3.05) is 31.2 Å². The fraction of sp³-hybridized carbons (Fsp3) is 0.440. The topological polar surface area (TPSA) is 89.5 Å². The molecule has 8 nitrogen and oxygen atoms in total. The number of rotatable bonds is 5. The van der Waals surface area contributed by atoms with Gasteiger partial charge in [0.05, 0.1) is 24.8 Å². The van der Waals surface area contributed by atoms with Gasteiger partial charge < -0.3 is 19.7 Å². The Morgan fingerprint density at radius 1 is 1.09 bits per heavy atom. The highest BCUT2D eigenvalue weighted by Crippen LogP contribution is 2.33. The first-order valence-electron chi connectivity index (χ1n) is 11.6. The molecule has 2 fully saturated rings. The lowest BCUT2D eigenvalue weighted by Gasteiger charge is -2.31. The molecule has 2 aliphatic rings. The van der Waals surface area contributed by atoms with E-state index < -0.39 is 0 Å². The zero-order chi connectivity index (χ0) is 22.6. The van der Waals surface area contributed by atoms with Crippen molar-refractivity contribution in [1.29, 1.82) is 0 Å². The van der Waals surface area contributed by atoms with E-state index in [-0.39, 0.29) is 18.1 Å². The number of carbonyl (C=O) groups is 1. The van der Waals surface area contributed by atoms with E-state index >= 15 is 0 Å². The smallest absolute Gasteiger partial charge is 0.270 e. The van der Waals surface area contributed by atoms with E-state index in [4.69, 9.17) is 9.47 Å². The number of nitrogens with zero attached hydrogens (tertiary/aromatic N) is 4. The van der Waals surface area contributed by atoms with E-state index in [9.17, 15) is 4.79 Å². The fourth-order valence-electron chi connectivity index (χ4n) is 4.56. The Balaban J connectivity index is 1.25. The van der Waals surface area contributed by atoms with Gasteiger partial charge in [0.2, 0.25) is 0 Å². The minimum Gasteiger partial charge on any atom is -0.488 e. The highest BCUT2D eigenvalue weighted by Gasteiger charge is 2.25. The summed E-state index contributed by atoms with van der Waals surface area (Å²) in [6.07, 6.45) is 6.98. The number of hydrogen-bond donors (Lipinski definition) is 1. The Bertz CT molecular complexity index is 1120. The molecule has 5 rings (SSSR count). The number of aromatic nitrogens is 3. The molecule has 8 heteroatoms. The second kappa shape index (κ2) is 9.70. The number of aryl methyl sites for hydroxylation is 1. The van der Waals surface area contributed by atoms with Gasteiger partial charge in [-0.15, -0.1) is 0 Å². The summed E-state index contributed by atoms with van der Waals surface area (Å²) in [7, 11) is 0. The summed E-state index contributed by atoms with van der Waals surface area (Å²) < 4.78 is 12.0. The third kappa shape index (κ3) is 5.06. The summed E-state index contributed by atoms with van der Waals surface area (Å²) in [4.78, 5) is 28.2. The first-order valence-corrected chi connectivity index (χ1v) is 11.6. The van der Waals surface area contributed by atoms with Crippen LogP contribution in [0.25, 0.3) is 11.0 Å². The van der Waals surface area contributed by atoms with Crippen LogP contribution in [0.4, 0.5) is 5.69 Å². The van der Waals surface area contributed by atoms with Gasteiger partial charge in [-0.2, -0.15) is 0 Å². The van der Waals surface area contributed by atoms with Crippen LogP contribution in [0.5, 0.6) is 5.75 Å². The molecule has 1 saturated carbocycles. The fourth-order valence-corrected chi connectivity index (χ4v) is 4.56. The van der Waals surface area contributed by atoms with Crippen LogP contribution in [0, 0.1) is 6.92 Å². The van der Waals surface area contributed by atoms with Gasteiger partial charge in [0.1, 0.15) is 17.0 Å². The molecule has 2 aromatic heterocycles. The standard InChI is InChI=1S/C25H29N5O3/c1-17-3-2-4-21(28-17)25(31)29-18-5-7-20(8-6-18)33-23-16-19(30-11-13-32-14-12-30)15-22-24(23)27-10-9-26-22/h2-4,9-10,15-16,18,20H,5-8,11-14H2,1H3,(H,29,31). The molecule has 3 heterocycles. The Labute approximate surface area is 193 Å². The van der Waals surface area contributed by atoms with Gasteiger partial charge >= 0.3 is 0 Å². The van der Waals surface area contributed by atoms with E-state index in [1.807, 2.05) is 19.1 Å². The lowest BCUT2D eigenvalue weighted by atomic mass is 9.92. The number of benzene rings is 1. The Morgan fingerprint density at radius 2 is 1.88 bits per heavy atom. The third-order valence-electron chi connectivity index (χ3n) is 6.32. The molecule has 0 bridgehead atoms. The maximum atomic E-state index is 12.5. The maximum Gasteiger partial charge on any atom is 0.270 e. The van der Waals surface area contributed by atoms with Crippen LogP contribution in [-0.4, -0.2) is 59.3 Å². The van der Waals surface area contributed by atoms with Crippen LogP contribution in [0.1, 0.15) is 41.9 Å². The molecule has 0 unspecified atom stereocenters. The summed E-state index contributed by atoms with van der Waals surface area (Å²) in [5.41, 5.74) is 4.03. The van der Waals surface area contributed by atoms with Crippen molar-refractivity contribution < 1.29 is 14.3 Å². The molecule has 0 spiro atoms. The molecule has 1 saturated heterocycles. The number of amides is 1. The van der Waals surface area contributed by atoms with Crippen molar-refractivity contribution >= 4 is 22.6 Å². The molecule has 0 radical (unpaired) electrons. The molecule has 3 aromatic rings. The summed E-state index contributed by atoms with van der Waals surface area (Å²) in [6, 6.07) is 9.80. The van der Waals surface area contributed by atoms with Crippen LogP contribution in [0.3, 0.4) is 0 Å². The molecule has 1 aliphatic carbocycles. The number of nitrogens with one attached hydrogen (secondary N) is 1. The largest absolute Gasteiger partial charge is 0.488 e. The van der Waals surface area contributed by atoms with E-state index in [0.717, 1.165) is 80.2 Å². The zero-order valence-electron chi connectivity index (χ0n) is 18.9. The Kier molecular flexibility index (Phi) is 6.35.